The lowest BCUT2D eigenvalue weighted by Gasteiger charge is -2.14. The highest BCUT2D eigenvalue weighted by Gasteiger charge is 2.21. The first kappa shape index (κ1) is 16.4. The number of carbonyl (C=O) groups is 3. The van der Waals surface area contributed by atoms with Crippen molar-refractivity contribution in [1.82, 2.24) is 5.32 Å². The van der Waals surface area contributed by atoms with E-state index in [1.54, 1.807) is 0 Å². The standard InChI is InChI=1S/C13H15FN2O5/c1-21-10-4-2-7(6-8(10)14)12(18)16-9(13(19)20)3-5-11(15)17/h2,4,6,9H,3,5H2,1H3,(H2,15,17)(H,16,18)(H,19,20)/t9-/m1/s1. The Hall–Kier alpha value is -2.64. The van der Waals surface area contributed by atoms with E-state index in [0.29, 0.717) is 0 Å². The number of amides is 2. The number of carboxylic acids is 1. The van der Waals surface area contributed by atoms with Gasteiger partial charge in [-0.3, -0.25) is 9.59 Å². The molecule has 1 aromatic rings. The molecule has 0 heterocycles. The van der Waals surface area contributed by atoms with Gasteiger partial charge in [-0.05, 0) is 24.6 Å². The monoisotopic (exact) mass is 298 g/mol. The molecule has 0 radical (unpaired) electrons. The number of carbonyl (C=O) groups excluding carboxylic acids is 2. The molecular weight excluding hydrogens is 283 g/mol. The minimum atomic E-state index is -1.31. The van der Waals surface area contributed by atoms with Gasteiger partial charge < -0.3 is 20.9 Å². The van der Waals surface area contributed by atoms with Gasteiger partial charge in [0.1, 0.15) is 6.04 Å². The number of carboxylic acid groups (broad SMARTS) is 1. The summed E-state index contributed by atoms with van der Waals surface area (Å²) < 4.78 is 18.2. The van der Waals surface area contributed by atoms with Crippen LogP contribution in [0.1, 0.15) is 23.2 Å². The average molecular weight is 298 g/mol. The number of aliphatic carboxylic acids is 1. The van der Waals surface area contributed by atoms with Crippen LogP contribution in [0.25, 0.3) is 0 Å². The zero-order valence-electron chi connectivity index (χ0n) is 11.3. The molecule has 0 saturated heterocycles. The van der Waals surface area contributed by atoms with E-state index in [2.05, 4.69) is 5.32 Å². The molecule has 4 N–H and O–H groups in total. The molecule has 0 aliphatic heterocycles. The summed E-state index contributed by atoms with van der Waals surface area (Å²) in [6.07, 6.45) is -0.330. The summed E-state index contributed by atoms with van der Waals surface area (Å²) in [6.45, 7) is 0. The first-order valence-corrected chi connectivity index (χ1v) is 6.00. The van der Waals surface area contributed by atoms with Gasteiger partial charge in [-0.15, -0.1) is 0 Å². The number of benzene rings is 1. The van der Waals surface area contributed by atoms with Crippen molar-refractivity contribution in [3.8, 4) is 5.75 Å². The van der Waals surface area contributed by atoms with Crippen LogP contribution in [-0.4, -0.2) is 36.0 Å². The van der Waals surface area contributed by atoms with Gasteiger partial charge in [0, 0.05) is 12.0 Å². The van der Waals surface area contributed by atoms with E-state index in [4.69, 9.17) is 15.6 Å². The van der Waals surface area contributed by atoms with Gasteiger partial charge in [0.15, 0.2) is 11.6 Å². The Kier molecular flexibility index (Phi) is 5.65. The molecule has 8 heteroatoms. The van der Waals surface area contributed by atoms with Crippen molar-refractivity contribution in [1.29, 1.82) is 0 Å². The van der Waals surface area contributed by atoms with E-state index >= 15 is 0 Å². The Morgan fingerprint density at radius 3 is 2.57 bits per heavy atom. The second-order valence-electron chi connectivity index (χ2n) is 4.22. The second kappa shape index (κ2) is 7.22. The van der Waals surface area contributed by atoms with E-state index in [1.165, 1.54) is 19.2 Å². The van der Waals surface area contributed by atoms with Crippen LogP contribution in [0.3, 0.4) is 0 Å². The molecule has 0 aromatic heterocycles. The van der Waals surface area contributed by atoms with Crippen LogP contribution >= 0.6 is 0 Å². The molecule has 7 nitrogen and oxygen atoms in total. The maximum atomic E-state index is 13.5. The molecule has 114 valence electrons. The third kappa shape index (κ3) is 4.75. The lowest BCUT2D eigenvalue weighted by Crippen LogP contribution is -2.41. The fraction of sp³-hybridized carbons (Fsp3) is 0.308. The minimum Gasteiger partial charge on any atom is -0.494 e. The largest absolute Gasteiger partial charge is 0.494 e. The second-order valence-corrected chi connectivity index (χ2v) is 4.22. The van der Waals surface area contributed by atoms with Crippen molar-refractivity contribution in [2.24, 2.45) is 5.73 Å². The van der Waals surface area contributed by atoms with Crippen molar-refractivity contribution in [3.63, 3.8) is 0 Å². The van der Waals surface area contributed by atoms with E-state index in [9.17, 15) is 18.8 Å². The topological polar surface area (TPSA) is 119 Å². The molecule has 21 heavy (non-hydrogen) atoms. The first-order valence-electron chi connectivity index (χ1n) is 6.00. The van der Waals surface area contributed by atoms with Crippen molar-refractivity contribution in [3.05, 3.63) is 29.6 Å². The van der Waals surface area contributed by atoms with Crippen LogP contribution in [0.4, 0.5) is 4.39 Å². The quantitative estimate of drug-likeness (QED) is 0.668. The summed E-state index contributed by atoms with van der Waals surface area (Å²) >= 11 is 0. The summed E-state index contributed by atoms with van der Waals surface area (Å²) in [4.78, 5) is 33.5. The smallest absolute Gasteiger partial charge is 0.326 e. The molecule has 0 fully saturated rings. The highest BCUT2D eigenvalue weighted by Crippen LogP contribution is 2.17. The Morgan fingerprint density at radius 1 is 1.43 bits per heavy atom. The van der Waals surface area contributed by atoms with Crippen molar-refractivity contribution >= 4 is 17.8 Å². The number of hydrogen-bond donors (Lipinski definition) is 3. The molecule has 1 aromatic carbocycles. The summed E-state index contributed by atoms with van der Waals surface area (Å²) in [5, 5.41) is 11.2. The molecule has 1 atom stereocenters. The summed E-state index contributed by atoms with van der Waals surface area (Å²) in [5.41, 5.74) is 4.87. The number of rotatable bonds is 7. The molecule has 0 aliphatic carbocycles. The third-order valence-corrected chi connectivity index (χ3v) is 2.70. The number of methoxy groups -OCH3 is 1. The summed E-state index contributed by atoms with van der Waals surface area (Å²) in [7, 11) is 1.28. The third-order valence-electron chi connectivity index (χ3n) is 2.70. The van der Waals surface area contributed by atoms with Gasteiger partial charge in [0.05, 0.1) is 7.11 Å². The van der Waals surface area contributed by atoms with Crippen LogP contribution in [0.5, 0.6) is 5.75 Å². The van der Waals surface area contributed by atoms with Crippen LogP contribution in [-0.2, 0) is 9.59 Å². The predicted octanol–water partition coefficient (Wildman–Crippen LogP) is 0.283. The summed E-state index contributed by atoms with van der Waals surface area (Å²) in [6, 6.07) is 2.20. The fourth-order valence-corrected chi connectivity index (χ4v) is 1.59. The van der Waals surface area contributed by atoms with Crippen molar-refractivity contribution < 1.29 is 28.6 Å². The molecule has 0 spiro atoms. The maximum Gasteiger partial charge on any atom is 0.326 e. The Balaban J connectivity index is 2.79. The van der Waals surface area contributed by atoms with Gasteiger partial charge in [0.2, 0.25) is 5.91 Å². The SMILES string of the molecule is COc1ccc(C(=O)N[C@H](CCC(N)=O)C(=O)O)cc1F. The molecule has 0 saturated carbocycles. The van der Waals surface area contributed by atoms with Crippen LogP contribution in [0.2, 0.25) is 0 Å². The average Bonchev–Trinajstić information content (AvgIpc) is 2.42. The summed E-state index contributed by atoms with van der Waals surface area (Å²) in [5.74, 6) is -3.53. The number of nitrogens with one attached hydrogen (secondary N) is 1. The Labute approximate surface area is 119 Å². The first-order chi connectivity index (χ1) is 9.85. The van der Waals surface area contributed by atoms with Crippen LogP contribution in [0.15, 0.2) is 18.2 Å². The molecule has 0 bridgehead atoms. The number of ether oxygens (including phenoxy) is 1. The predicted molar refractivity (Wildman–Crippen MR) is 70.3 cm³/mol. The highest BCUT2D eigenvalue weighted by molar-refractivity contribution is 5.96. The number of primary amides is 1. The fourth-order valence-electron chi connectivity index (χ4n) is 1.59. The van der Waals surface area contributed by atoms with Gasteiger partial charge in [-0.1, -0.05) is 0 Å². The van der Waals surface area contributed by atoms with Crippen molar-refractivity contribution in [2.45, 2.75) is 18.9 Å². The van der Waals surface area contributed by atoms with Crippen LogP contribution < -0.4 is 15.8 Å². The van der Waals surface area contributed by atoms with E-state index in [1.807, 2.05) is 0 Å². The molecule has 0 aliphatic rings. The van der Waals surface area contributed by atoms with Crippen LogP contribution in [0, 0.1) is 5.82 Å². The number of halogens is 1. The Bertz CT molecular complexity index is 561. The Morgan fingerprint density at radius 2 is 2.10 bits per heavy atom. The zero-order valence-corrected chi connectivity index (χ0v) is 11.3. The zero-order chi connectivity index (χ0) is 16.0. The van der Waals surface area contributed by atoms with Gasteiger partial charge in [-0.25, -0.2) is 9.18 Å². The van der Waals surface area contributed by atoms with E-state index < -0.39 is 29.6 Å². The maximum absolute atomic E-state index is 13.5. The van der Waals surface area contributed by atoms with Crippen molar-refractivity contribution in [2.75, 3.05) is 7.11 Å². The lowest BCUT2D eigenvalue weighted by molar-refractivity contribution is -0.139. The minimum absolute atomic E-state index is 0.0323. The van der Waals surface area contributed by atoms with E-state index in [-0.39, 0.29) is 24.2 Å². The van der Waals surface area contributed by atoms with Gasteiger partial charge >= 0.3 is 5.97 Å². The number of nitrogens with two attached hydrogens (primary N) is 1. The lowest BCUT2D eigenvalue weighted by atomic mass is 10.1. The molecule has 0 unspecified atom stereocenters. The normalized spacial score (nSPS) is 11.5. The van der Waals surface area contributed by atoms with E-state index in [0.717, 1.165) is 6.07 Å². The molecule has 1 rings (SSSR count). The van der Waals surface area contributed by atoms with Gasteiger partial charge in [-0.2, -0.15) is 0 Å². The number of hydrogen-bond acceptors (Lipinski definition) is 4. The van der Waals surface area contributed by atoms with Gasteiger partial charge in [0.25, 0.3) is 5.91 Å². The molecular formula is C13H15FN2O5. The molecule has 2 amide bonds. The highest BCUT2D eigenvalue weighted by atomic mass is 19.1.